The highest BCUT2D eigenvalue weighted by Crippen LogP contribution is 2.14. The summed E-state index contributed by atoms with van der Waals surface area (Å²) in [4.78, 5) is 36.0. The van der Waals surface area contributed by atoms with Crippen LogP contribution in [0.1, 0.15) is 36.2 Å². The highest BCUT2D eigenvalue weighted by molar-refractivity contribution is 6.43. The van der Waals surface area contributed by atoms with Crippen molar-refractivity contribution in [2.75, 3.05) is 0 Å². The van der Waals surface area contributed by atoms with E-state index in [1.165, 1.54) is 18.2 Å². The molecule has 10 heteroatoms. The number of carbonyl (C=O) groups excluding carboxylic acids is 2. The van der Waals surface area contributed by atoms with Crippen molar-refractivity contribution in [3.8, 4) is 0 Å². The number of rotatable bonds is 10. The summed E-state index contributed by atoms with van der Waals surface area (Å²) in [6, 6.07) is 13.2. The average molecular weight is 427 g/mol. The lowest BCUT2D eigenvalue weighted by Crippen LogP contribution is -2.55. The van der Waals surface area contributed by atoms with E-state index in [1.807, 2.05) is 19.9 Å². The third kappa shape index (κ3) is 7.51. The van der Waals surface area contributed by atoms with Crippen molar-refractivity contribution in [2.45, 2.75) is 38.7 Å². The number of hydrogen-bond donors (Lipinski definition) is 4. The molecule has 0 heterocycles. The quantitative estimate of drug-likeness (QED) is 0.257. The standard InChI is InChI=1S/C21H26BN3O6/c1-14(2)11-19(22(28)29)24-21(27)18(12-15-7-4-3-5-8-15)23-20(26)16-9-6-10-17(13-16)25(30)31/h3-10,13-14,18-19,28-29H,11-12H2,1-2H3,(H,23,26)(H,24,27)/t18-,19-/m0/s1. The van der Waals surface area contributed by atoms with Gasteiger partial charge in [-0.15, -0.1) is 0 Å². The van der Waals surface area contributed by atoms with Gasteiger partial charge in [0.15, 0.2) is 0 Å². The molecule has 0 aliphatic rings. The maximum absolute atomic E-state index is 12.9. The summed E-state index contributed by atoms with van der Waals surface area (Å²) < 4.78 is 0. The highest BCUT2D eigenvalue weighted by Gasteiger charge is 2.30. The fourth-order valence-electron chi connectivity index (χ4n) is 3.11. The first-order valence-electron chi connectivity index (χ1n) is 9.93. The maximum Gasteiger partial charge on any atom is 0.475 e. The second kappa shape index (κ2) is 11.2. The van der Waals surface area contributed by atoms with Crippen LogP contribution in [0.25, 0.3) is 0 Å². The molecular formula is C21H26BN3O6. The molecule has 4 N–H and O–H groups in total. The summed E-state index contributed by atoms with van der Waals surface area (Å²) in [6.07, 6.45) is 0.490. The molecule has 164 valence electrons. The smallest absolute Gasteiger partial charge is 0.426 e. The topological polar surface area (TPSA) is 142 Å². The molecule has 9 nitrogen and oxygen atoms in total. The zero-order valence-electron chi connectivity index (χ0n) is 17.4. The van der Waals surface area contributed by atoms with Crippen molar-refractivity contribution in [1.29, 1.82) is 0 Å². The summed E-state index contributed by atoms with van der Waals surface area (Å²) >= 11 is 0. The normalized spacial score (nSPS) is 12.7. The molecule has 2 amide bonds. The Bertz CT molecular complexity index is 907. The predicted molar refractivity (Wildman–Crippen MR) is 116 cm³/mol. The number of nitro benzene ring substituents is 1. The van der Waals surface area contributed by atoms with Crippen LogP contribution < -0.4 is 10.6 Å². The van der Waals surface area contributed by atoms with Crippen LogP contribution >= 0.6 is 0 Å². The zero-order valence-corrected chi connectivity index (χ0v) is 17.4. The van der Waals surface area contributed by atoms with Crippen LogP contribution in [-0.4, -0.2) is 45.9 Å². The summed E-state index contributed by atoms with van der Waals surface area (Å²) in [7, 11) is -1.75. The van der Waals surface area contributed by atoms with Gasteiger partial charge >= 0.3 is 7.12 Å². The Kier molecular flexibility index (Phi) is 8.71. The van der Waals surface area contributed by atoms with Crippen molar-refractivity contribution in [3.05, 3.63) is 75.8 Å². The van der Waals surface area contributed by atoms with Gasteiger partial charge in [0.25, 0.3) is 11.6 Å². The van der Waals surface area contributed by atoms with Crippen LogP contribution in [0.4, 0.5) is 5.69 Å². The van der Waals surface area contributed by atoms with E-state index in [2.05, 4.69) is 10.6 Å². The van der Waals surface area contributed by atoms with Crippen molar-refractivity contribution >= 4 is 24.6 Å². The van der Waals surface area contributed by atoms with Gasteiger partial charge in [0.2, 0.25) is 5.91 Å². The summed E-state index contributed by atoms with van der Waals surface area (Å²) in [5, 5.41) is 35.4. The Morgan fingerprint density at radius 2 is 1.74 bits per heavy atom. The first-order valence-corrected chi connectivity index (χ1v) is 9.93. The second-order valence-corrected chi connectivity index (χ2v) is 7.68. The van der Waals surface area contributed by atoms with Crippen molar-refractivity contribution < 1.29 is 24.6 Å². The van der Waals surface area contributed by atoms with Gasteiger partial charge in [-0.05, 0) is 24.0 Å². The minimum Gasteiger partial charge on any atom is -0.426 e. The van der Waals surface area contributed by atoms with E-state index < -0.39 is 35.8 Å². The highest BCUT2D eigenvalue weighted by atomic mass is 16.6. The van der Waals surface area contributed by atoms with Gasteiger partial charge in [-0.1, -0.05) is 50.2 Å². The second-order valence-electron chi connectivity index (χ2n) is 7.68. The van der Waals surface area contributed by atoms with Crippen LogP contribution in [-0.2, 0) is 11.2 Å². The Hall–Kier alpha value is -3.24. The average Bonchev–Trinajstić information content (AvgIpc) is 2.73. The van der Waals surface area contributed by atoms with Gasteiger partial charge in [-0.2, -0.15) is 0 Å². The number of benzene rings is 2. The molecule has 0 aromatic heterocycles. The molecule has 31 heavy (non-hydrogen) atoms. The molecule has 2 aromatic carbocycles. The van der Waals surface area contributed by atoms with Gasteiger partial charge in [-0.3, -0.25) is 19.7 Å². The summed E-state index contributed by atoms with van der Waals surface area (Å²) in [6.45, 7) is 3.76. The molecular weight excluding hydrogens is 401 g/mol. The first-order chi connectivity index (χ1) is 14.7. The predicted octanol–water partition coefficient (Wildman–Crippen LogP) is 1.48. The van der Waals surface area contributed by atoms with E-state index in [4.69, 9.17) is 0 Å². The Morgan fingerprint density at radius 1 is 1.06 bits per heavy atom. The van der Waals surface area contributed by atoms with Crippen LogP contribution in [0, 0.1) is 16.0 Å². The van der Waals surface area contributed by atoms with Crippen LogP contribution in [0.2, 0.25) is 0 Å². The monoisotopic (exact) mass is 427 g/mol. The zero-order chi connectivity index (χ0) is 23.0. The Morgan fingerprint density at radius 3 is 2.32 bits per heavy atom. The number of nitrogens with one attached hydrogen (secondary N) is 2. The van der Waals surface area contributed by atoms with Gasteiger partial charge < -0.3 is 20.7 Å². The molecule has 0 unspecified atom stereocenters. The summed E-state index contributed by atoms with van der Waals surface area (Å²) in [5.41, 5.74) is 0.588. The lowest BCUT2D eigenvalue weighted by Gasteiger charge is -2.24. The largest absolute Gasteiger partial charge is 0.475 e. The molecule has 0 aliphatic carbocycles. The van der Waals surface area contributed by atoms with Gasteiger partial charge in [-0.25, -0.2) is 0 Å². The molecule has 0 saturated carbocycles. The van der Waals surface area contributed by atoms with E-state index in [9.17, 15) is 29.8 Å². The van der Waals surface area contributed by atoms with E-state index in [-0.39, 0.29) is 23.6 Å². The molecule has 2 rings (SSSR count). The number of carbonyl (C=O) groups is 2. The Balaban J connectivity index is 2.23. The SMILES string of the molecule is CC(C)C[C@H](NC(=O)[C@H](Cc1ccccc1)NC(=O)c1cccc([N+](=O)[O-])c1)B(O)O. The van der Waals surface area contributed by atoms with Gasteiger partial charge in [0.1, 0.15) is 6.04 Å². The molecule has 0 aliphatic heterocycles. The number of nitrogens with zero attached hydrogens (tertiary/aromatic N) is 1. The van der Waals surface area contributed by atoms with Crippen LogP contribution in [0.3, 0.4) is 0 Å². The third-order valence-corrected chi connectivity index (χ3v) is 4.64. The van der Waals surface area contributed by atoms with Crippen molar-refractivity contribution in [3.63, 3.8) is 0 Å². The van der Waals surface area contributed by atoms with Crippen molar-refractivity contribution in [1.82, 2.24) is 10.6 Å². The van der Waals surface area contributed by atoms with Gasteiger partial charge in [0.05, 0.1) is 10.9 Å². The number of amides is 2. The van der Waals surface area contributed by atoms with E-state index in [0.29, 0.717) is 6.42 Å². The van der Waals surface area contributed by atoms with Crippen molar-refractivity contribution in [2.24, 2.45) is 5.92 Å². The lowest BCUT2D eigenvalue weighted by molar-refractivity contribution is -0.384. The molecule has 2 atom stereocenters. The fraction of sp³-hybridized carbons (Fsp3) is 0.333. The molecule has 0 radical (unpaired) electrons. The molecule has 0 saturated heterocycles. The number of non-ortho nitro benzene ring substituents is 1. The lowest BCUT2D eigenvalue weighted by atomic mass is 9.75. The molecule has 0 fully saturated rings. The fourth-order valence-corrected chi connectivity index (χ4v) is 3.11. The van der Waals surface area contributed by atoms with Gasteiger partial charge in [0, 0.05) is 24.1 Å². The first kappa shape index (κ1) is 24.0. The van der Waals surface area contributed by atoms with E-state index in [0.717, 1.165) is 11.6 Å². The van der Waals surface area contributed by atoms with Crippen LogP contribution in [0.5, 0.6) is 0 Å². The van der Waals surface area contributed by atoms with E-state index >= 15 is 0 Å². The molecule has 2 aromatic rings. The molecule has 0 spiro atoms. The van der Waals surface area contributed by atoms with E-state index in [1.54, 1.807) is 24.3 Å². The minimum absolute atomic E-state index is 0.0426. The Labute approximate surface area is 180 Å². The molecule has 0 bridgehead atoms. The maximum atomic E-state index is 12.9. The number of hydrogen-bond acceptors (Lipinski definition) is 6. The summed E-state index contributed by atoms with van der Waals surface area (Å²) in [5.74, 6) is -2.04. The third-order valence-electron chi connectivity index (χ3n) is 4.64. The van der Waals surface area contributed by atoms with Crippen LogP contribution in [0.15, 0.2) is 54.6 Å². The minimum atomic E-state index is -1.75. The number of nitro groups is 1.